The number of anilines is 1. The van der Waals surface area contributed by atoms with Crippen LogP contribution in [0.2, 0.25) is 0 Å². The first-order chi connectivity index (χ1) is 15.2. The second kappa shape index (κ2) is 12.3. The van der Waals surface area contributed by atoms with E-state index in [1.165, 1.54) is 0 Å². The molecule has 0 spiro atoms. The molecule has 0 aliphatic carbocycles. The minimum Gasteiger partial charge on any atom is -0.491 e. The van der Waals surface area contributed by atoms with Gasteiger partial charge in [0.2, 0.25) is 0 Å². The van der Waals surface area contributed by atoms with Crippen LogP contribution in [0.5, 0.6) is 5.75 Å². The Kier molecular flexibility index (Phi) is 9.74. The molecule has 1 atom stereocenters. The molecule has 0 heterocycles. The van der Waals surface area contributed by atoms with Crippen molar-refractivity contribution in [3.63, 3.8) is 0 Å². The lowest BCUT2D eigenvalue weighted by atomic mass is 9.78. The minimum atomic E-state index is -0.997. The molecule has 7 nitrogen and oxygen atoms in total. The Morgan fingerprint density at radius 2 is 1.78 bits per heavy atom. The highest BCUT2D eigenvalue weighted by atomic mass is 79.9. The molecule has 0 aliphatic heterocycles. The summed E-state index contributed by atoms with van der Waals surface area (Å²) < 4.78 is 12.2. The van der Waals surface area contributed by atoms with E-state index in [0.717, 1.165) is 16.1 Å². The zero-order valence-corrected chi connectivity index (χ0v) is 19.7. The second-order valence-electron chi connectivity index (χ2n) is 7.83. The normalized spacial score (nSPS) is 12.4. The van der Waals surface area contributed by atoms with Gasteiger partial charge in [-0.25, -0.2) is 9.59 Å². The summed E-state index contributed by atoms with van der Waals surface area (Å²) in [6, 6.07) is 14.3. The Labute approximate surface area is 196 Å². The zero-order chi connectivity index (χ0) is 23.6. The van der Waals surface area contributed by atoms with E-state index in [1.54, 1.807) is 30.3 Å². The van der Waals surface area contributed by atoms with Gasteiger partial charge in [0.05, 0.1) is 6.61 Å². The molecule has 0 radical (unpaired) electrons. The van der Waals surface area contributed by atoms with E-state index >= 15 is 0 Å². The molecule has 2 aromatic carbocycles. The van der Waals surface area contributed by atoms with E-state index in [2.05, 4.69) is 21.2 Å². The zero-order valence-electron chi connectivity index (χ0n) is 18.1. The summed E-state index contributed by atoms with van der Waals surface area (Å²) in [6.45, 7) is 4.04. The molecule has 3 N–H and O–H groups in total. The van der Waals surface area contributed by atoms with Crippen molar-refractivity contribution in [1.29, 1.82) is 0 Å². The van der Waals surface area contributed by atoms with Crippen molar-refractivity contribution in [2.24, 2.45) is 5.41 Å². The number of aliphatic carboxylic acids is 1. The molecular weight excluding hydrogens is 478 g/mol. The van der Waals surface area contributed by atoms with Crippen LogP contribution in [-0.4, -0.2) is 35.5 Å². The van der Waals surface area contributed by atoms with E-state index < -0.39 is 23.6 Å². The van der Waals surface area contributed by atoms with E-state index in [9.17, 15) is 9.59 Å². The summed E-state index contributed by atoms with van der Waals surface area (Å²) >= 11 is 3.36. The number of carbonyl (C=O) groups excluding carboxylic acids is 1. The Hall–Kier alpha value is -2.84. The predicted octanol–water partition coefficient (Wildman–Crippen LogP) is 5.56. The maximum Gasteiger partial charge on any atom is 0.412 e. The lowest BCUT2D eigenvalue weighted by molar-refractivity contribution is -0.131. The van der Waals surface area contributed by atoms with Crippen LogP contribution in [0.25, 0.3) is 0 Å². The average molecular weight is 506 g/mol. The number of amides is 1. The lowest BCUT2D eigenvalue weighted by Crippen LogP contribution is -2.29. The van der Waals surface area contributed by atoms with Gasteiger partial charge in [-0.2, -0.15) is 0 Å². The molecule has 0 aromatic heterocycles. The van der Waals surface area contributed by atoms with Gasteiger partial charge in [-0.15, -0.1) is 0 Å². The van der Waals surface area contributed by atoms with Crippen molar-refractivity contribution in [3.05, 3.63) is 70.7 Å². The van der Waals surface area contributed by atoms with Crippen LogP contribution < -0.4 is 10.1 Å². The number of hydrogen-bond donors (Lipinski definition) is 3. The first kappa shape index (κ1) is 25.4. The van der Waals surface area contributed by atoms with Crippen LogP contribution in [0.4, 0.5) is 10.5 Å². The van der Waals surface area contributed by atoms with Gasteiger partial charge >= 0.3 is 12.1 Å². The highest BCUT2D eigenvalue weighted by Gasteiger charge is 2.34. The third-order valence-electron chi connectivity index (χ3n) is 4.78. The number of carboxylic acids is 1. The maximum absolute atomic E-state index is 12.7. The number of halogens is 1. The van der Waals surface area contributed by atoms with Crippen molar-refractivity contribution < 1.29 is 29.3 Å². The largest absolute Gasteiger partial charge is 0.491 e. The quantitative estimate of drug-likeness (QED) is 0.345. The summed E-state index contributed by atoms with van der Waals surface area (Å²) in [6.07, 6.45) is 2.63. The third-order valence-corrected chi connectivity index (χ3v) is 5.31. The number of carbonyl (C=O) groups is 2. The highest BCUT2D eigenvalue weighted by molar-refractivity contribution is 9.10. The van der Waals surface area contributed by atoms with Gasteiger partial charge in [-0.1, -0.05) is 48.0 Å². The standard InChI is InChI=1S/C24H28BrNO6/c1-24(2,14-4-3-5-21(28)29)22(17-6-12-20(13-7-17)31-16-15-27)32-23(30)26-19-10-8-18(25)9-11-19/h3,5-13,22,27H,4,14-16H2,1-2H3,(H,26,30)(H,28,29)/b5-3+/t22-/m0/s1. The van der Waals surface area contributed by atoms with E-state index in [0.29, 0.717) is 24.3 Å². The van der Waals surface area contributed by atoms with Crippen LogP contribution in [0.1, 0.15) is 38.4 Å². The number of carboxylic acid groups (broad SMARTS) is 1. The number of rotatable bonds is 11. The van der Waals surface area contributed by atoms with E-state index in [-0.39, 0.29) is 13.2 Å². The van der Waals surface area contributed by atoms with Crippen molar-refractivity contribution >= 4 is 33.7 Å². The molecule has 8 heteroatoms. The number of ether oxygens (including phenoxy) is 2. The third kappa shape index (κ3) is 8.36. The number of benzene rings is 2. The fourth-order valence-corrected chi connectivity index (χ4v) is 3.40. The predicted molar refractivity (Wildman–Crippen MR) is 126 cm³/mol. The fraction of sp³-hybridized carbons (Fsp3) is 0.333. The van der Waals surface area contributed by atoms with Crippen molar-refractivity contribution in [2.45, 2.75) is 32.8 Å². The molecule has 0 bridgehead atoms. The molecule has 2 rings (SSSR count). The van der Waals surface area contributed by atoms with Gasteiger partial charge in [0.1, 0.15) is 18.5 Å². The Morgan fingerprint density at radius 3 is 2.38 bits per heavy atom. The van der Waals surface area contributed by atoms with Gasteiger partial charge < -0.3 is 19.7 Å². The monoisotopic (exact) mass is 505 g/mol. The highest BCUT2D eigenvalue weighted by Crippen LogP contribution is 2.41. The number of allylic oxidation sites excluding steroid dienone is 1. The molecule has 2 aromatic rings. The molecule has 0 saturated heterocycles. The second-order valence-corrected chi connectivity index (χ2v) is 8.74. The van der Waals surface area contributed by atoms with Gasteiger partial charge in [0, 0.05) is 21.7 Å². The summed E-state index contributed by atoms with van der Waals surface area (Å²) in [5.41, 5.74) is 0.888. The smallest absolute Gasteiger partial charge is 0.412 e. The van der Waals surface area contributed by atoms with Crippen LogP contribution in [-0.2, 0) is 9.53 Å². The van der Waals surface area contributed by atoms with Crippen molar-refractivity contribution in [2.75, 3.05) is 18.5 Å². The summed E-state index contributed by atoms with van der Waals surface area (Å²) in [5.74, 6) is -0.397. The molecule has 0 aliphatic rings. The Balaban J connectivity index is 2.19. The molecule has 172 valence electrons. The first-order valence-electron chi connectivity index (χ1n) is 10.2. The number of aliphatic hydroxyl groups is 1. The van der Waals surface area contributed by atoms with Crippen molar-refractivity contribution in [1.82, 2.24) is 0 Å². The lowest BCUT2D eigenvalue weighted by Gasteiger charge is -2.34. The molecule has 0 saturated carbocycles. The van der Waals surface area contributed by atoms with Gasteiger partial charge in [-0.05, 0) is 54.8 Å². The Bertz CT molecular complexity index is 909. The fourth-order valence-electron chi connectivity index (χ4n) is 3.14. The van der Waals surface area contributed by atoms with Crippen LogP contribution in [0.15, 0.2) is 65.2 Å². The molecule has 1 amide bonds. The van der Waals surface area contributed by atoms with Gasteiger partial charge in [0.25, 0.3) is 0 Å². The SMILES string of the molecule is CC(C)(CC/C=C/C(=O)O)[C@@H](OC(=O)Nc1ccc(Br)cc1)c1ccc(OCCO)cc1. The number of nitrogens with one attached hydrogen (secondary N) is 1. The minimum absolute atomic E-state index is 0.0827. The van der Waals surface area contributed by atoms with Crippen LogP contribution in [0.3, 0.4) is 0 Å². The molecule has 0 fully saturated rings. The summed E-state index contributed by atoms with van der Waals surface area (Å²) in [7, 11) is 0. The van der Waals surface area contributed by atoms with E-state index in [4.69, 9.17) is 19.7 Å². The molecule has 32 heavy (non-hydrogen) atoms. The van der Waals surface area contributed by atoms with Crippen molar-refractivity contribution in [3.8, 4) is 5.75 Å². The molecule has 0 unspecified atom stereocenters. The topological polar surface area (TPSA) is 105 Å². The van der Waals surface area contributed by atoms with E-state index in [1.807, 2.05) is 38.1 Å². The Morgan fingerprint density at radius 1 is 1.12 bits per heavy atom. The molecular formula is C24H28BrNO6. The van der Waals surface area contributed by atoms with Gasteiger partial charge in [0.15, 0.2) is 0 Å². The summed E-state index contributed by atoms with van der Waals surface area (Å²) in [5, 5.41) is 20.5. The summed E-state index contributed by atoms with van der Waals surface area (Å²) in [4.78, 5) is 23.4. The maximum atomic E-state index is 12.7. The number of hydrogen-bond acceptors (Lipinski definition) is 5. The van der Waals surface area contributed by atoms with Gasteiger partial charge in [-0.3, -0.25) is 5.32 Å². The number of aliphatic hydroxyl groups excluding tert-OH is 1. The first-order valence-corrected chi connectivity index (χ1v) is 11.0. The van der Waals surface area contributed by atoms with Crippen LogP contribution in [0, 0.1) is 5.41 Å². The van der Waals surface area contributed by atoms with Crippen LogP contribution >= 0.6 is 15.9 Å². The average Bonchev–Trinajstić information content (AvgIpc) is 2.75.